The maximum atomic E-state index is 13.3. The van der Waals surface area contributed by atoms with Gasteiger partial charge < -0.3 is 10.5 Å². The fourth-order valence-corrected chi connectivity index (χ4v) is 2.09. The predicted molar refractivity (Wildman–Crippen MR) is 58.5 cm³/mol. The third-order valence-electron chi connectivity index (χ3n) is 2.90. The predicted octanol–water partition coefficient (Wildman–Crippen LogP) is 2.16. The summed E-state index contributed by atoms with van der Waals surface area (Å²) in [6, 6.07) is 0. The Kier molecular flexibility index (Phi) is 3.22. The van der Waals surface area contributed by atoms with E-state index in [2.05, 4.69) is 16.9 Å². The zero-order chi connectivity index (χ0) is 11.5. The van der Waals surface area contributed by atoms with Crippen molar-refractivity contribution in [3.8, 4) is 5.88 Å². The van der Waals surface area contributed by atoms with E-state index in [1.807, 2.05) is 0 Å². The van der Waals surface area contributed by atoms with Gasteiger partial charge in [0.05, 0.1) is 6.20 Å². The lowest BCUT2D eigenvalue weighted by molar-refractivity contribution is 0.118. The van der Waals surface area contributed by atoms with Crippen LogP contribution in [0.2, 0.25) is 0 Å². The van der Waals surface area contributed by atoms with Gasteiger partial charge >= 0.3 is 0 Å². The van der Waals surface area contributed by atoms with Gasteiger partial charge in [-0.1, -0.05) is 13.3 Å². The molecular weight excluding hydrogens is 209 g/mol. The molecule has 16 heavy (non-hydrogen) atoms. The number of hydrogen-bond acceptors (Lipinski definition) is 4. The third kappa shape index (κ3) is 2.59. The van der Waals surface area contributed by atoms with E-state index in [-0.39, 0.29) is 17.9 Å². The number of nitrogen functional groups attached to an aromatic ring is 1. The van der Waals surface area contributed by atoms with Crippen molar-refractivity contribution in [3.63, 3.8) is 0 Å². The van der Waals surface area contributed by atoms with Gasteiger partial charge in [0.15, 0.2) is 0 Å². The minimum atomic E-state index is -0.549. The first-order valence-corrected chi connectivity index (χ1v) is 5.60. The molecule has 4 nitrogen and oxygen atoms in total. The Bertz CT molecular complexity index is 372. The van der Waals surface area contributed by atoms with Gasteiger partial charge in [0.25, 0.3) is 5.88 Å². The van der Waals surface area contributed by atoms with E-state index in [4.69, 9.17) is 10.5 Å². The van der Waals surface area contributed by atoms with Crippen LogP contribution in [0.3, 0.4) is 0 Å². The maximum absolute atomic E-state index is 13.3. The molecule has 1 saturated carbocycles. The number of anilines is 1. The van der Waals surface area contributed by atoms with Crippen molar-refractivity contribution in [2.75, 3.05) is 5.73 Å². The van der Waals surface area contributed by atoms with E-state index >= 15 is 0 Å². The first-order valence-electron chi connectivity index (χ1n) is 5.60. The molecule has 1 fully saturated rings. The van der Waals surface area contributed by atoms with Crippen LogP contribution in [-0.2, 0) is 0 Å². The van der Waals surface area contributed by atoms with Crippen LogP contribution in [0.15, 0.2) is 6.20 Å². The molecule has 0 aliphatic heterocycles. The number of rotatable bonds is 2. The monoisotopic (exact) mass is 225 g/mol. The summed E-state index contributed by atoms with van der Waals surface area (Å²) < 4.78 is 18.8. The van der Waals surface area contributed by atoms with Gasteiger partial charge in [-0.15, -0.1) is 0 Å². The van der Waals surface area contributed by atoms with Crippen molar-refractivity contribution in [2.45, 2.75) is 38.7 Å². The fourth-order valence-electron chi connectivity index (χ4n) is 2.09. The van der Waals surface area contributed by atoms with Gasteiger partial charge in [-0.25, -0.2) is 4.98 Å². The van der Waals surface area contributed by atoms with Crippen molar-refractivity contribution < 1.29 is 9.13 Å². The van der Waals surface area contributed by atoms with Gasteiger partial charge in [-0.3, -0.25) is 0 Å². The van der Waals surface area contributed by atoms with Gasteiger partial charge in [0, 0.05) is 0 Å². The average molecular weight is 225 g/mol. The molecule has 5 heteroatoms. The SMILES string of the molecule is CC1CCCC(Oc2nc(N)ncc2F)C1. The summed E-state index contributed by atoms with van der Waals surface area (Å²) in [5.41, 5.74) is 5.39. The Morgan fingerprint density at radius 2 is 2.31 bits per heavy atom. The number of nitrogens with two attached hydrogens (primary N) is 1. The number of nitrogens with zero attached hydrogens (tertiary/aromatic N) is 2. The van der Waals surface area contributed by atoms with Crippen LogP contribution in [-0.4, -0.2) is 16.1 Å². The highest BCUT2D eigenvalue weighted by molar-refractivity contribution is 5.22. The van der Waals surface area contributed by atoms with Crippen LogP contribution in [0.1, 0.15) is 32.6 Å². The molecule has 0 bridgehead atoms. The third-order valence-corrected chi connectivity index (χ3v) is 2.90. The van der Waals surface area contributed by atoms with Gasteiger partial charge in [-0.05, 0) is 25.2 Å². The molecule has 0 saturated heterocycles. The first kappa shape index (κ1) is 11.1. The molecule has 0 radical (unpaired) electrons. The molecule has 0 aromatic carbocycles. The molecule has 2 unspecified atom stereocenters. The van der Waals surface area contributed by atoms with Crippen molar-refractivity contribution >= 4 is 5.95 Å². The zero-order valence-electron chi connectivity index (χ0n) is 9.32. The fraction of sp³-hybridized carbons (Fsp3) is 0.636. The highest BCUT2D eigenvalue weighted by Crippen LogP contribution is 2.27. The quantitative estimate of drug-likeness (QED) is 0.837. The number of hydrogen-bond donors (Lipinski definition) is 1. The van der Waals surface area contributed by atoms with Crippen molar-refractivity contribution in [3.05, 3.63) is 12.0 Å². The van der Waals surface area contributed by atoms with Gasteiger partial charge in [0.2, 0.25) is 11.8 Å². The highest BCUT2D eigenvalue weighted by atomic mass is 19.1. The molecular formula is C11H16FN3O. The molecule has 1 heterocycles. The summed E-state index contributed by atoms with van der Waals surface area (Å²) in [6.45, 7) is 2.18. The highest BCUT2D eigenvalue weighted by Gasteiger charge is 2.22. The van der Waals surface area contributed by atoms with Crippen LogP contribution in [0.25, 0.3) is 0 Å². The van der Waals surface area contributed by atoms with Gasteiger partial charge in [0.1, 0.15) is 6.10 Å². The molecule has 2 atom stereocenters. The summed E-state index contributed by atoms with van der Waals surface area (Å²) in [6.07, 6.45) is 5.33. The number of aromatic nitrogens is 2. The Morgan fingerprint density at radius 3 is 3.06 bits per heavy atom. The second kappa shape index (κ2) is 4.63. The second-order valence-electron chi connectivity index (χ2n) is 4.39. The van der Waals surface area contributed by atoms with E-state index in [9.17, 15) is 4.39 Å². The summed E-state index contributed by atoms with van der Waals surface area (Å²) in [4.78, 5) is 7.32. The molecule has 88 valence electrons. The van der Waals surface area contributed by atoms with Crippen LogP contribution in [0, 0.1) is 11.7 Å². The van der Waals surface area contributed by atoms with E-state index in [1.165, 1.54) is 6.42 Å². The standard InChI is InChI=1S/C11H16FN3O/c1-7-3-2-4-8(5-7)16-10-9(12)6-14-11(13)15-10/h6-8H,2-5H2,1H3,(H2,13,14,15). The lowest BCUT2D eigenvalue weighted by Crippen LogP contribution is -2.25. The largest absolute Gasteiger partial charge is 0.472 e. The van der Waals surface area contributed by atoms with Crippen molar-refractivity contribution in [2.24, 2.45) is 5.92 Å². The topological polar surface area (TPSA) is 61.0 Å². The van der Waals surface area contributed by atoms with E-state index in [0.717, 1.165) is 25.5 Å². The zero-order valence-corrected chi connectivity index (χ0v) is 9.32. The van der Waals surface area contributed by atoms with Crippen molar-refractivity contribution in [1.29, 1.82) is 0 Å². The molecule has 2 N–H and O–H groups in total. The summed E-state index contributed by atoms with van der Waals surface area (Å²) in [7, 11) is 0. The molecule has 1 aliphatic carbocycles. The number of ether oxygens (including phenoxy) is 1. The molecule has 1 aromatic heterocycles. The average Bonchev–Trinajstić information content (AvgIpc) is 2.24. The number of halogens is 1. The van der Waals surface area contributed by atoms with E-state index in [1.54, 1.807) is 0 Å². The van der Waals surface area contributed by atoms with Gasteiger partial charge in [-0.2, -0.15) is 9.37 Å². The lowest BCUT2D eigenvalue weighted by Gasteiger charge is -2.26. The first-order chi connectivity index (χ1) is 7.65. The van der Waals surface area contributed by atoms with Crippen LogP contribution in [0.4, 0.5) is 10.3 Å². The van der Waals surface area contributed by atoms with E-state index in [0.29, 0.717) is 5.92 Å². The van der Waals surface area contributed by atoms with Crippen LogP contribution in [0.5, 0.6) is 5.88 Å². The van der Waals surface area contributed by atoms with Crippen LogP contribution >= 0.6 is 0 Å². The molecule has 0 spiro atoms. The minimum absolute atomic E-state index is 0.0217. The maximum Gasteiger partial charge on any atom is 0.255 e. The lowest BCUT2D eigenvalue weighted by atomic mass is 9.89. The molecule has 1 aliphatic rings. The summed E-state index contributed by atoms with van der Waals surface area (Å²) in [5.74, 6) is 0.0975. The molecule has 0 amide bonds. The van der Waals surface area contributed by atoms with Crippen molar-refractivity contribution in [1.82, 2.24) is 9.97 Å². The minimum Gasteiger partial charge on any atom is -0.472 e. The normalized spacial score (nSPS) is 25.4. The summed E-state index contributed by atoms with van der Waals surface area (Å²) in [5, 5.41) is 0. The molecule has 1 aromatic rings. The Hall–Kier alpha value is -1.39. The van der Waals surface area contributed by atoms with Crippen LogP contribution < -0.4 is 10.5 Å². The Labute approximate surface area is 94.0 Å². The Balaban J connectivity index is 2.05. The summed E-state index contributed by atoms with van der Waals surface area (Å²) >= 11 is 0. The van der Waals surface area contributed by atoms with E-state index < -0.39 is 5.82 Å². The smallest absolute Gasteiger partial charge is 0.255 e. The Morgan fingerprint density at radius 1 is 1.50 bits per heavy atom. The molecule has 2 rings (SSSR count). The second-order valence-corrected chi connectivity index (χ2v) is 4.39.